The fourth-order valence-corrected chi connectivity index (χ4v) is 2.68. The summed E-state index contributed by atoms with van der Waals surface area (Å²) in [5.41, 5.74) is 2.72. The average Bonchev–Trinajstić information content (AvgIpc) is 3.26. The molecular formula is C16H13Cl2NO. The number of hydrogen-bond acceptors (Lipinski definition) is 2. The van der Waals surface area contributed by atoms with Crippen LogP contribution in [-0.2, 0) is 0 Å². The third-order valence-corrected chi connectivity index (χ3v) is 3.86. The van der Waals surface area contributed by atoms with E-state index in [0.717, 1.165) is 5.69 Å². The zero-order chi connectivity index (χ0) is 14.1. The van der Waals surface area contributed by atoms with Gasteiger partial charge in [0.25, 0.3) is 0 Å². The molecule has 1 saturated carbocycles. The van der Waals surface area contributed by atoms with Crippen LogP contribution in [-0.4, -0.2) is 11.3 Å². The van der Waals surface area contributed by atoms with Gasteiger partial charge in [-0.05, 0) is 42.5 Å². The normalized spacial score (nSPS) is 14.9. The molecule has 20 heavy (non-hydrogen) atoms. The van der Waals surface area contributed by atoms with Crippen LogP contribution in [0.15, 0.2) is 41.4 Å². The number of halogens is 2. The molecule has 0 heterocycles. The first-order chi connectivity index (χ1) is 9.65. The van der Waals surface area contributed by atoms with Crippen molar-refractivity contribution in [2.75, 3.05) is 0 Å². The quantitative estimate of drug-likeness (QED) is 0.764. The van der Waals surface area contributed by atoms with Crippen LogP contribution < -0.4 is 0 Å². The molecule has 1 N–H and O–H groups in total. The van der Waals surface area contributed by atoms with E-state index in [2.05, 4.69) is 11.1 Å². The van der Waals surface area contributed by atoms with Crippen LogP contribution in [0.5, 0.6) is 5.75 Å². The molecule has 0 aromatic heterocycles. The summed E-state index contributed by atoms with van der Waals surface area (Å²) >= 11 is 11.8. The number of para-hydroxylation sites is 1. The van der Waals surface area contributed by atoms with E-state index in [4.69, 9.17) is 23.2 Å². The van der Waals surface area contributed by atoms with E-state index in [1.54, 1.807) is 12.3 Å². The molecule has 0 spiro atoms. The van der Waals surface area contributed by atoms with Crippen molar-refractivity contribution >= 4 is 35.1 Å². The van der Waals surface area contributed by atoms with Crippen LogP contribution in [0, 0.1) is 0 Å². The maximum atomic E-state index is 9.91. The molecule has 0 aliphatic heterocycles. The van der Waals surface area contributed by atoms with Gasteiger partial charge in [-0.3, -0.25) is 4.99 Å². The second kappa shape index (κ2) is 5.47. The summed E-state index contributed by atoms with van der Waals surface area (Å²) in [6.45, 7) is 0. The standard InChI is InChI=1S/C16H13Cl2NO/c17-12-7-11(16(20)14(18)8-12)9-19-15-4-2-1-3-13(15)10-5-6-10/h1-4,7-10,20H,5-6H2. The Balaban J connectivity index is 1.95. The van der Waals surface area contributed by atoms with E-state index in [1.165, 1.54) is 24.5 Å². The molecule has 0 saturated heterocycles. The number of hydrogen-bond donors (Lipinski definition) is 1. The van der Waals surface area contributed by atoms with Gasteiger partial charge in [0, 0.05) is 16.8 Å². The molecule has 2 nitrogen and oxygen atoms in total. The zero-order valence-electron chi connectivity index (χ0n) is 10.7. The molecule has 3 rings (SSSR count). The Kier molecular flexibility index (Phi) is 3.68. The van der Waals surface area contributed by atoms with Gasteiger partial charge in [0.2, 0.25) is 0 Å². The van der Waals surface area contributed by atoms with E-state index in [9.17, 15) is 5.11 Å². The van der Waals surface area contributed by atoms with Gasteiger partial charge >= 0.3 is 0 Å². The maximum Gasteiger partial charge on any atom is 0.143 e. The molecule has 1 fully saturated rings. The van der Waals surface area contributed by atoms with Gasteiger partial charge in [0.05, 0.1) is 10.7 Å². The number of benzene rings is 2. The Morgan fingerprint density at radius 2 is 1.90 bits per heavy atom. The lowest BCUT2D eigenvalue weighted by atomic mass is 10.1. The number of rotatable bonds is 3. The minimum Gasteiger partial charge on any atom is -0.506 e. The number of aromatic hydroxyl groups is 1. The molecular weight excluding hydrogens is 293 g/mol. The lowest BCUT2D eigenvalue weighted by molar-refractivity contribution is 0.475. The minimum atomic E-state index is 0.00344. The molecule has 0 unspecified atom stereocenters. The maximum absolute atomic E-state index is 9.91. The van der Waals surface area contributed by atoms with Crippen molar-refractivity contribution in [3.63, 3.8) is 0 Å². The monoisotopic (exact) mass is 305 g/mol. The predicted octanol–water partition coefficient (Wildman–Crippen LogP) is 5.33. The third-order valence-electron chi connectivity index (χ3n) is 3.35. The first-order valence-corrected chi connectivity index (χ1v) is 7.22. The molecule has 0 amide bonds. The molecule has 1 aliphatic rings. The molecule has 1 aliphatic carbocycles. The van der Waals surface area contributed by atoms with Gasteiger partial charge < -0.3 is 5.11 Å². The van der Waals surface area contributed by atoms with Crippen molar-refractivity contribution in [3.8, 4) is 5.75 Å². The van der Waals surface area contributed by atoms with Crippen LogP contribution in [0.3, 0.4) is 0 Å². The minimum absolute atomic E-state index is 0.00344. The first kappa shape index (κ1) is 13.5. The van der Waals surface area contributed by atoms with Gasteiger partial charge in [-0.1, -0.05) is 41.4 Å². The molecule has 0 bridgehead atoms. The molecule has 102 valence electrons. The van der Waals surface area contributed by atoms with Gasteiger partial charge in [-0.25, -0.2) is 0 Å². The van der Waals surface area contributed by atoms with E-state index >= 15 is 0 Å². The van der Waals surface area contributed by atoms with E-state index in [1.807, 2.05) is 18.2 Å². The fraction of sp³-hybridized carbons (Fsp3) is 0.188. The summed E-state index contributed by atoms with van der Waals surface area (Å²) in [5.74, 6) is 0.628. The Bertz CT molecular complexity index is 678. The van der Waals surface area contributed by atoms with Crippen LogP contribution >= 0.6 is 23.2 Å². The predicted molar refractivity (Wildman–Crippen MR) is 83.8 cm³/mol. The van der Waals surface area contributed by atoms with Crippen molar-refractivity contribution in [1.29, 1.82) is 0 Å². The number of phenols is 1. The smallest absolute Gasteiger partial charge is 0.143 e. The average molecular weight is 306 g/mol. The van der Waals surface area contributed by atoms with E-state index in [0.29, 0.717) is 16.5 Å². The Hall–Kier alpha value is -1.51. The molecule has 0 radical (unpaired) electrons. The van der Waals surface area contributed by atoms with Crippen LogP contribution in [0.4, 0.5) is 5.69 Å². The van der Waals surface area contributed by atoms with E-state index < -0.39 is 0 Å². The summed E-state index contributed by atoms with van der Waals surface area (Å²) in [7, 11) is 0. The third kappa shape index (κ3) is 2.82. The Morgan fingerprint density at radius 1 is 1.15 bits per heavy atom. The Morgan fingerprint density at radius 3 is 2.65 bits per heavy atom. The highest BCUT2D eigenvalue weighted by atomic mass is 35.5. The molecule has 2 aromatic carbocycles. The van der Waals surface area contributed by atoms with Gasteiger partial charge in [-0.2, -0.15) is 0 Å². The van der Waals surface area contributed by atoms with Crippen molar-refractivity contribution in [3.05, 3.63) is 57.6 Å². The number of phenolic OH excluding ortho intramolecular Hbond substituents is 1. The highest BCUT2D eigenvalue weighted by Crippen LogP contribution is 2.44. The largest absolute Gasteiger partial charge is 0.506 e. The number of nitrogens with zero attached hydrogens (tertiary/aromatic N) is 1. The number of aliphatic imine (C=N–C) groups is 1. The molecule has 0 atom stereocenters. The highest BCUT2D eigenvalue weighted by molar-refractivity contribution is 6.36. The highest BCUT2D eigenvalue weighted by Gasteiger charge is 2.25. The first-order valence-electron chi connectivity index (χ1n) is 6.46. The summed E-state index contributed by atoms with van der Waals surface area (Å²) in [5, 5.41) is 10.6. The summed E-state index contributed by atoms with van der Waals surface area (Å²) < 4.78 is 0. The summed E-state index contributed by atoms with van der Waals surface area (Å²) in [6, 6.07) is 11.2. The van der Waals surface area contributed by atoms with Crippen LogP contribution in [0.1, 0.15) is 29.9 Å². The van der Waals surface area contributed by atoms with Crippen molar-refractivity contribution in [2.24, 2.45) is 4.99 Å². The van der Waals surface area contributed by atoms with Crippen molar-refractivity contribution in [1.82, 2.24) is 0 Å². The zero-order valence-corrected chi connectivity index (χ0v) is 12.2. The Labute approximate surface area is 127 Å². The lowest BCUT2D eigenvalue weighted by Crippen LogP contribution is -1.85. The SMILES string of the molecule is Oc1c(Cl)cc(Cl)cc1C=Nc1ccccc1C1CC1. The fourth-order valence-electron chi connectivity index (χ4n) is 2.17. The van der Waals surface area contributed by atoms with Crippen LogP contribution in [0.2, 0.25) is 10.0 Å². The second-order valence-corrected chi connectivity index (χ2v) is 5.76. The topological polar surface area (TPSA) is 32.6 Å². The lowest BCUT2D eigenvalue weighted by Gasteiger charge is -2.05. The second-order valence-electron chi connectivity index (χ2n) is 4.92. The van der Waals surface area contributed by atoms with Gasteiger partial charge in [-0.15, -0.1) is 0 Å². The summed E-state index contributed by atoms with van der Waals surface area (Å²) in [6.07, 6.45) is 4.05. The summed E-state index contributed by atoms with van der Waals surface area (Å²) in [4.78, 5) is 4.48. The van der Waals surface area contributed by atoms with Gasteiger partial charge in [0.15, 0.2) is 0 Å². The van der Waals surface area contributed by atoms with Gasteiger partial charge in [0.1, 0.15) is 5.75 Å². The van der Waals surface area contributed by atoms with Crippen molar-refractivity contribution in [2.45, 2.75) is 18.8 Å². The van der Waals surface area contributed by atoms with E-state index in [-0.39, 0.29) is 10.8 Å². The molecule has 4 heteroatoms. The van der Waals surface area contributed by atoms with Crippen LogP contribution in [0.25, 0.3) is 0 Å². The molecule has 2 aromatic rings. The van der Waals surface area contributed by atoms with Crippen molar-refractivity contribution < 1.29 is 5.11 Å².